The van der Waals surface area contributed by atoms with E-state index >= 15 is 0 Å². The number of hydrogen-bond donors (Lipinski definition) is 1. The zero-order valence-corrected chi connectivity index (χ0v) is 16.0. The van der Waals surface area contributed by atoms with Gasteiger partial charge in [0.05, 0.1) is 5.60 Å². The summed E-state index contributed by atoms with van der Waals surface area (Å²) in [5, 5.41) is 19.4. The van der Waals surface area contributed by atoms with Crippen LogP contribution in [-0.2, 0) is 12.0 Å². The van der Waals surface area contributed by atoms with Gasteiger partial charge in [0.15, 0.2) is 11.0 Å². The Kier molecular flexibility index (Phi) is 5.56. The Labute approximate surface area is 149 Å². The molecule has 2 aromatic rings. The molecule has 24 heavy (non-hydrogen) atoms. The van der Waals surface area contributed by atoms with Crippen LogP contribution in [0.15, 0.2) is 42.1 Å². The number of nitrogens with zero attached hydrogens (tertiary/aromatic N) is 3. The van der Waals surface area contributed by atoms with Gasteiger partial charge in [-0.05, 0) is 24.8 Å². The summed E-state index contributed by atoms with van der Waals surface area (Å²) in [6.07, 6.45) is 1.84. The maximum atomic E-state index is 9.93. The summed E-state index contributed by atoms with van der Waals surface area (Å²) < 4.78 is 2.04. The maximum absolute atomic E-state index is 9.93. The fraction of sp³-hybridized carbons (Fsp3) is 0.474. The zero-order valence-electron chi connectivity index (χ0n) is 15.2. The molecule has 0 bridgehead atoms. The second-order valence-corrected chi connectivity index (χ2v) is 8.58. The van der Waals surface area contributed by atoms with Gasteiger partial charge >= 0.3 is 0 Å². The molecule has 0 aliphatic heterocycles. The Balaban J connectivity index is 2.33. The van der Waals surface area contributed by atoms with Gasteiger partial charge in [-0.15, -0.1) is 16.8 Å². The average molecular weight is 346 g/mol. The first kappa shape index (κ1) is 18.7. The fourth-order valence-corrected chi connectivity index (χ4v) is 3.16. The summed E-state index contributed by atoms with van der Waals surface area (Å²) in [5.41, 5.74) is 1.70. The van der Waals surface area contributed by atoms with Crippen LogP contribution in [-0.4, -0.2) is 31.2 Å². The molecule has 130 valence electrons. The van der Waals surface area contributed by atoms with E-state index in [1.165, 1.54) is 17.3 Å². The molecule has 0 saturated heterocycles. The topological polar surface area (TPSA) is 50.9 Å². The molecule has 5 heteroatoms. The summed E-state index contributed by atoms with van der Waals surface area (Å²) in [6, 6.07) is 8.47. The Bertz CT molecular complexity index is 691. The third kappa shape index (κ3) is 4.71. The highest BCUT2D eigenvalue weighted by molar-refractivity contribution is 7.99. The number of thioether (sulfide) groups is 1. The van der Waals surface area contributed by atoms with Crippen molar-refractivity contribution in [2.24, 2.45) is 0 Å². The molecular weight excluding hydrogens is 318 g/mol. The van der Waals surface area contributed by atoms with Crippen molar-refractivity contribution in [3.05, 3.63) is 42.5 Å². The summed E-state index contributed by atoms with van der Waals surface area (Å²) in [7, 11) is 0. The average Bonchev–Trinajstić information content (AvgIpc) is 2.87. The molecule has 0 amide bonds. The minimum absolute atomic E-state index is 0.126. The minimum Gasteiger partial charge on any atom is -0.390 e. The second-order valence-electron chi connectivity index (χ2n) is 7.63. The van der Waals surface area contributed by atoms with Crippen molar-refractivity contribution in [2.75, 3.05) is 5.75 Å². The standard InChI is InChI=1S/C19H27N3OS/c1-7-12-22-16(20-21-17(22)24-13-19(5,6)23)14-8-10-15(11-9-14)18(2,3)4/h7-11,23H,1,12-13H2,2-6H3. The first-order valence-corrected chi connectivity index (χ1v) is 9.10. The lowest BCUT2D eigenvalue weighted by Gasteiger charge is -2.19. The summed E-state index contributed by atoms with van der Waals surface area (Å²) in [6.45, 7) is 14.7. The Hall–Kier alpha value is -1.59. The van der Waals surface area contributed by atoms with Crippen LogP contribution in [0.4, 0.5) is 0 Å². The van der Waals surface area contributed by atoms with Crippen molar-refractivity contribution in [2.45, 2.75) is 57.3 Å². The Morgan fingerprint density at radius 3 is 2.25 bits per heavy atom. The van der Waals surface area contributed by atoms with Crippen molar-refractivity contribution in [1.82, 2.24) is 14.8 Å². The Morgan fingerprint density at radius 2 is 1.75 bits per heavy atom. The molecule has 0 unspecified atom stereocenters. The van der Waals surface area contributed by atoms with E-state index in [0.29, 0.717) is 12.3 Å². The number of rotatable bonds is 6. The van der Waals surface area contributed by atoms with Gasteiger partial charge in [-0.2, -0.15) is 0 Å². The van der Waals surface area contributed by atoms with Crippen molar-refractivity contribution < 1.29 is 5.11 Å². The molecule has 0 radical (unpaired) electrons. The fourth-order valence-electron chi connectivity index (χ4n) is 2.26. The number of aliphatic hydroxyl groups is 1. The monoisotopic (exact) mass is 345 g/mol. The minimum atomic E-state index is -0.746. The predicted octanol–water partition coefficient (Wildman–Crippen LogP) is 4.29. The molecule has 0 aliphatic carbocycles. The third-order valence-electron chi connectivity index (χ3n) is 3.59. The van der Waals surface area contributed by atoms with E-state index in [1.807, 2.05) is 10.6 Å². The molecule has 1 N–H and O–H groups in total. The summed E-state index contributed by atoms with van der Waals surface area (Å²) in [4.78, 5) is 0. The molecule has 0 fully saturated rings. The quantitative estimate of drug-likeness (QED) is 0.627. The summed E-state index contributed by atoms with van der Waals surface area (Å²) >= 11 is 1.51. The smallest absolute Gasteiger partial charge is 0.191 e. The molecule has 2 rings (SSSR count). The van der Waals surface area contributed by atoms with Gasteiger partial charge in [0.2, 0.25) is 0 Å². The molecule has 1 aromatic carbocycles. The molecule has 1 aromatic heterocycles. The molecule has 0 saturated carbocycles. The van der Waals surface area contributed by atoms with Crippen molar-refractivity contribution in [3.8, 4) is 11.4 Å². The van der Waals surface area contributed by atoms with Crippen molar-refractivity contribution in [3.63, 3.8) is 0 Å². The van der Waals surface area contributed by atoms with Gasteiger partial charge in [0, 0.05) is 17.9 Å². The highest BCUT2D eigenvalue weighted by Crippen LogP contribution is 2.28. The van der Waals surface area contributed by atoms with Crippen LogP contribution < -0.4 is 0 Å². The van der Waals surface area contributed by atoms with E-state index in [4.69, 9.17) is 0 Å². The highest BCUT2D eigenvalue weighted by Gasteiger charge is 2.19. The first-order valence-electron chi connectivity index (χ1n) is 8.12. The van der Waals surface area contributed by atoms with Crippen LogP contribution in [0.3, 0.4) is 0 Å². The van der Waals surface area contributed by atoms with E-state index in [0.717, 1.165) is 16.5 Å². The van der Waals surface area contributed by atoms with Crippen LogP contribution in [0.1, 0.15) is 40.2 Å². The third-order valence-corrected chi connectivity index (χ3v) is 5.00. The molecule has 4 nitrogen and oxygen atoms in total. The van der Waals surface area contributed by atoms with Gasteiger partial charge in [-0.25, -0.2) is 0 Å². The van der Waals surface area contributed by atoms with E-state index in [1.54, 1.807) is 13.8 Å². The lowest BCUT2D eigenvalue weighted by molar-refractivity contribution is 0.107. The van der Waals surface area contributed by atoms with Gasteiger partial charge in [0.1, 0.15) is 0 Å². The van der Waals surface area contributed by atoms with Gasteiger partial charge < -0.3 is 5.11 Å². The first-order chi connectivity index (χ1) is 11.1. The summed E-state index contributed by atoms with van der Waals surface area (Å²) in [5.74, 6) is 1.39. The zero-order chi connectivity index (χ0) is 18.0. The van der Waals surface area contributed by atoms with Gasteiger partial charge in [0.25, 0.3) is 0 Å². The number of hydrogen-bond acceptors (Lipinski definition) is 4. The normalized spacial score (nSPS) is 12.4. The van der Waals surface area contributed by atoms with Crippen LogP contribution in [0.5, 0.6) is 0 Å². The van der Waals surface area contributed by atoms with Crippen LogP contribution in [0, 0.1) is 0 Å². The molecule has 0 spiro atoms. The van der Waals surface area contributed by atoms with Gasteiger partial charge in [-0.1, -0.05) is 62.9 Å². The van der Waals surface area contributed by atoms with Crippen LogP contribution >= 0.6 is 11.8 Å². The lowest BCUT2D eigenvalue weighted by Crippen LogP contribution is -2.22. The van der Waals surface area contributed by atoms with E-state index < -0.39 is 5.60 Å². The van der Waals surface area contributed by atoms with Gasteiger partial charge in [-0.3, -0.25) is 4.57 Å². The SMILES string of the molecule is C=CCn1c(SCC(C)(C)O)nnc1-c1ccc(C(C)(C)C)cc1. The van der Waals surface area contributed by atoms with E-state index in [-0.39, 0.29) is 5.41 Å². The number of allylic oxidation sites excluding steroid dienone is 1. The lowest BCUT2D eigenvalue weighted by atomic mass is 9.87. The van der Waals surface area contributed by atoms with Crippen LogP contribution in [0.2, 0.25) is 0 Å². The molecular formula is C19H27N3OS. The Morgan fingerprint density at radius 1 is 1.12 bits per heavy atom. The van der Waals surface area contributed by atoms with Crippen molar-refractivity contribution >= 4 is 11.8 Å². The predicted molar refractivity (Wildman–Crippen MR) is 101 cm³/mol. The van der Waals surface area contributed by atoms with E-state index in [9.17, 15) is 5.11 Å². The van der Waals surface area contributed by atoms with Crippen LogP contribution in [0.25, 0.3) is 11.4 Å². The second kappa shape index (κ2) is 7.11. The highest BCUT2D eigenvalue weighted by atomic mass is 32.2. The van der Waals surface area contributed by atoms with Crippen molar-refractivity contribution in [1.29, 1.82) is 0 Å². The molecule has 0 aliphatic rings. The number of aromatic nitrogens is 3. The van der Waals surface area contributed by atoms with E-state index in [2.05, 4.69) is 61.8 Å². The largest absolute Gasteiger partial charge is 0.390 e. The molecule has 0 atom stereocenters. The molecule has 1 heterocycles. The number of benzene rings is 1. The maximum Gasteiger partial charge on any atom is 0.191 e.